The standard InChI is InChI=1S/C12H15NO3/c1-15-12(14)9-2-4-10(5-3-9)13-11-6-7-16-8-11/h2-5,11,13H,6-8H2,1H3. The van der Waals surface area contributed by atoms with Gasteiger partial charge in [-0.25, -0.2) is 4.79 Å². The zero-order valence-corrected chi connectivity index (χ0v) is 9.23. The van der Waals surface area contributed by atoms with Gasteiger partial charge in [-0.3, -0.25) is 0 Å². The normalized spacial score (nSPS) is 19.4. The molecule has 1 atom stereocenters. The van der Waals surface area contributed by atoms with E-state index in [1.807, 2.05) is 12.1 Å². The van der Waals surface area contributed by atoms with E-state index in [4.69, 9.17) is 4.74 Å². The molecular formula is C12H15NO3. The van der Waals surface area contributed by atoms with Gasteiger partial charge in [0.1, 0.15) is 0 Å². The smallest absolute Gasteiger partial charge is 0.337 e. The summed E-state index contributed by atoms with van der Waals surface area (Å²) in [5, 5.41) is 3.35. The van der Waals surface area contributed by atoms with Crippen molar-refractivity contribution in [1.82, 2.24) is 0 Å². The molecule has 1 saturated heterocycles. The first kappa shape index (κ1) is 11.0. The Morgan fingerprint density at radius 2 is 2.19 bits per heavy atom. The molecule has 1 heterocycles. The lowest BCUT2D eigenvalue weighted by Crippen LogP contribution is -2.18. The van der Waals surface area contributed by atoms with Crippen LogP contribution in [0.25, 0.3) is 0 Å². The summed E-state index contributed by atoms with van der Waals surface area (Å²) in [7, 11) is 1.38. The molecule has 1 aromatic rings. The minimum absolute atomic E-state index is 0.309. The topological polar surface area (TPSA) is 47.6 Å². The molecule has 16 heavy (non-hydrogen) atoms. The van der Waals surface area contributed by atoms with Crippen molar-refractivity contribution in [1.29, 1.82) is 0 Å². The number of methoxy groups -OCH3 is 1. The van der Waals surface area contributed by atoms with Crippen LogP contribution in [-0.2, 0) is 9.47 Å². The fourth-order valence-corrected chi connectivity index (χ4v) is 1.70. The number of rotatable bonds is 3. The van der Waals surface area contributed by atoms with Crippen molar-refractivity contribution in [2.24, 2.45) is 0 Å². The van der Waals surface area contributed by atoms with Crippen LogP contribution >= 0.6 is 0 Å². The molecule has 2 rings (SSSR count). The molecule has 0 spiro atoms. The SMILES string of the molecule is COC(=O)c1ccc(NC2CCOC2)cc1. The summed E-state index contributed by atoms with van der Waals surface area (Å²) >= 11 is 0. The molecular weight excluding hydrogens is 206 g/mol. The molecule has 0 saturated carbocycles. The molecule has 86 valence electrons. The maximum absolute atomic E-state index is 11.2. The Bertz CT molecular complexity index is 355. The van der Waals surface area contributed by atoms with Crippen LogP contribution in [0.5, 0.6) is 0 Å². The van der Waals surface area contributed by atoms with E-state index in [0.717, 1.165) is 25.3 Å². The lowest BCUT2D eigenvalue weighted by molar-refractivity contribution is 0.0601. The molecule has 4 nitrogen and oxygen atoms in total. The molecule has 0 aromatic heterocycles. The van der Waals surface area contributed by atoms with Crippen molar-refractivity contribution in [3.8, 4) is 0 Å². The van der Waals surface area contributed by atoms with Crippen molar-refractivity contribution < 1.29 is 14.3 Å². The number of anilines is 1. The fourth-order valence-electron chi connectivity index (χ4n) is 1.70. The highest BCUT2D eigenvalue weighted by molar-refractivity contribution is 5.89. The second-order valence-electron chi connectivity index (χ2n) is 3.77. The highest BCUT2D eigenvalue weighted by Gasteiger charge is 2.15. The Kier molecular flexibility index (Phi) is 3.41. The summed E-state index contributed by atoms with van der Waals surface area (Å²) in [4.78, 5) is 11.2. The molecule has 1 aliphatic rings. The third-order valence-electron chi connectivity index (χ3n) is 2.61. The van der Waals surface area contributed by atoms with Crippen molar-refractivity contribution in [2.75, 3.05) is 25.6 Å². The molecule has 1 aromatic carbocycles. The van der Waals surface area contributed by atoms with Gasteiger partial charge in [-0.2, -0.15) is 0 Å². The van der Waals surface area contributed by atoms with Crippen LogP contribution in [0.1, 0.15) is 16.8 Å². The summed E-state index contributed by atoms with van der Waals surface area (Å²) in [6.07, 6.45) is 1.03. The van der Waals surface area contributed by atoms with Crippen LogP contribution in [0, 0.1) is 0 Å². The zero-order chi connectivity index (χ0) is 11.4. The molecule has 1 aliphatic heterocycles. The van der Waals surface area contributed by atoms with Gasteiger partial charge in [-0.05, 0) is 30.7 Å². The maximum atomic E-state index is 11.2. The third-order valence-corrected chi connectivity index (χ3v) is 2.61. The first-order valence-corrected chi connectivity index (χ1v) is 5.32. The first-order valence-electron chi connectivity index (χ1n) is 5.32. The van der Waals surface area contributed by atoms with Crippen LogP contribution in [-0.4, -0.2) is 32.3 Å². The van der Waals surface area contributed by atoms with Crippen LogP contribution in [0.2, 0.25) is 0 Å². The molecule has 0 bridgehead atoms. The van der Waals surface area contributed by atoms with Crippen LogP contribution in [0.15, 0.2) is 24.3 Å². The van der Waals surface area contributed by atoms with Crippen molar-refractivity contribution in [3.63, 3.8) is 0 Å². The maximum Gasteiger partial charge on any atom is 0.337 e. The van der Waals surface area contributed by atoms with E-state index in [1.54, 1.807) is 12.1 Å². The van der Waals surface area contributed by atoms with Crippen LogP contribution < -0.4 is 5.32 Å². The van der Waals surface area contributed by atoms with Gasteiger partial charge in [0.2, 0.25) is 0 Å². The van der Waals surface area contributed by atoms with Crippen molar-refractivity contribution in [2.45, 2.75) is 12.5 Å². The van der Waals surface area contributed by atoms with Gasteiger partial charge in [0.05, 0.1) is 25.3 Å². The number of benzene rings is 1. The van der Waals surface area contributed by atoms with E-state index >= 15 is 0 Å². The molecule has 1 unspecified atom stereocenters. The van der Waals surface area contributed by atoms with E-state index in [-0.39, 0.29) is 5.97 Å². The predicted octanol–water partition coefficient (Wildman–Crippen LogP) is 1.67. The number of hydrogen-bond acceptors (Lipinski definition) is 4. The average molecular weight is 221 g/mol. The highest BCUT2D eigenvalue weighted by atomic mass is 16.5. The summed E-state index contributed by atoms with van der Waals surface area (Å²) in [5.41, 5.74) is 1.57. The lowest BCUT2D eigenvalue weighted by atomic mass is 10.2. The Hall–Kier alpha value is -1.55. The van der Waals surface area contributed by atoms with Gasteiger partial charge >= 0.3 is 5.97 Å². The lowest BCUT2D eigenvalue weighted by Gasteiger charge is -2.12. The number of ether oxygens (including phenoxy) is 2. The molecule has 1 N–H and O–H groups in total. The third kappa shape index (κ3) is 2.52. The van der Waals surface area contributed by atoms with Gasteiger partial charge in [0.15, 0.2) is 0 Å². The minimum atomic E-state index is -0.309. The van der Waals surface area contributed by atoms with Gasteiger partial charge in [0, 0.05) is 12.3 Å². The van der Waals surface area contributed by atoms with Gasteiger partial charge < -0.3 is 14.8 Å². The van der Waals surface area contributed by atoms with Crippen molar-refractivity contribution >= 4 is 11.7 Å². The number of nitrogens with one attached hydrogen (secondary N) is 1. The highest BCUT2D eigenvalue weighted by Crippen LogP contribution is 2.15. The zero-order valence-electron chi connectivity index (χ0n) is 9.23. The Morgan fingerprint density at radius 1 is 1.44 bits per heavy atom. The summed E-state index contributed by atoms with van der Waals surface area (Å²) in [5.74, 6) is -0.309. The van der Waals surface area contributed by atoms with Crippen LogP contribution in [0.4, 0.5) is 5.69 Å². The Balaban J connectivity index is 1.98. The van der Waals surface area contributed by atoms with Gasteiger partial charge in [-0.1, -0.05) is 0 Å². The molecule has 0 amide bonds. The summed E-state index contributed by atoms with van der Waals surface area (Å²) in [6, 6.07) is 7.65. The number of carbonyl (C=O) groups excluding carboxylic acids is 1. The van der Waals surface area contributed by atoms with Crippen molar-refractivity contribution in [3.05, 3.63) is 29.8 Å². The molecule has 0 aliphatic carbocycles. The largest absolute Gasteiger partial charge is 0.465 e. The number of carbonyl (C=O) groups is 1. The first-order chi connectivity index (χ1) is 7.79. The van der Waals surface area contributed by atoms with E-state index in [9.17, 15) is 4.79 Å². The summed E-state index contributed by atoms with van der Waals surface area (Å²) in [6.45, 7) is 1.57. The average Bonchev–Trinajstić information content (AvgIpc) is 2.82. The Morgan fingerprint density at radius 3 is 2.75 bits per heavy atom. The summed E-state index contributed by atoms with van der Waals surface area (Å²) < 4.78 is 9.90. The minimum Gasteiger partial charge on any atom is -0.465 e. The van der Waals surface area contributed by atoms with Gasteiger partial charge in [0.25, 0.3) is 0 Å². The monoisotopic (exact) mass is 221 g/mol. The fraction of sp³-hybridized carbons (Fsp3) is 0.417. The van der Waals surface area contributed by atoms with E-state index in [2.05, 4.69) is 10.1 Å². The molecule has 4 heteroatoms. The van der Waals surface area contributed by atoms with Gasteiger partial charge in [-0.15, -0.1) is 0 Å². The number of hydrogen-bond donors (Lipinski definition) is 1. The Labute approximate surface area is 94.6 Å². The predicted molar refractivity (Wildman–Crippen MR) is 60.6 cm³/mol. The van der Waals surface area contributed by atoms with E-state index in [0.29, 0.717) is 11.6 Å². The van der Waals surface area contributed by atoms with E-state index in [1.165, 1.54) is 7.11 Å². The quantitative estimate of drug-likeness (QED) is 0.789. The second-order valence-corrected chi connectivity index (χ2v) is 3.77. The number of esters is 1. The van der Waals surface area contributed by atoms with E-state index < -0.39 is 0 Å². The molecule has 0 radical (unpaired) electrons. The molecule has 1 fully saturated rings. The van der Waals surface area contributed by atoms with Crippen LogP contribution in [0.3, 0.4) is 0 Å². The second kappa shape index (κ2) is 4.99.